The van der Waals surface area contributed by atoms with E-state index in [9.17, 15) is 4.39 Å². The second-order valence-electron chi connectivity index (χ2n) is 5.08. The lowest BCUT2D eigenvalue weighted by atomic mass is 9.93. The molecule has 2 N–H and O–H groups in total. The van der Waals surface area contributed by atoms with Crippen molar-refractivity contribution in [3.63, 3.8) is 0 Å². The van der Waals surface area contributed by atoms with Gasteiger partial charge in [-0.1, -0.05) is 20.8 Å². The van der Waals surface area contributed by atoms with Crippen molar-refractivity contribution < 1.29 is 4.39 Å². The van der Waals surface area contributed by atoms with Crippen LogP contribution in [0.1, 0.15) is 45.9 Å². The topological polar surface area (TPSA) is 43.8 Å². The Bertz CT molecular complexity index is 570. The van der Waals surface area contributed by atoms with Gasteiger partial charge in [-0.05, 0) is 31.4 Å². The number of benzene rings is 1. The van der Waals surface area contributed by atoms with E-state index in [-0.39, 0.29) is 5.82 Å². The summed E-state index contributed by atoms with van der Waals surface area (Å²) in [6, 6.07) is 4.76. The van der Waals surface area contributed by atoms with Gasteiger partial charge in [-0.25, -0.2) is 9.37 Å². The Morgan fingerprint density at radius 1 is 1.26 bits per heavy atom. The average Bonchev–Trinajstić information content (AvgIpc) is 2.77. The van der Waals surface area contributed by atoms with Crippen LogP contribution in [0.5, 0.6) is 0 Å². The minimum atomic E-state index is -0.440. The molecule has 19 heavy (non-hydrogen) atoms. The highest BCUT2D eigenvalue weighted by atomic mass is 19.1. The summed E-state index contributed by atoms with van der Waals surface area (Å²) in [4.78, 5) is 4.60. The summed E-state index contributed by atoms with van der Waals surface area (Å²) in [5.41, 5.74) is 7.70. The van der Waals surface area contributed by atoms with Crippen LogP contribution in [0.2, 0.25) is 0 Å². The number of imidazole rings is 1. The quantitative estimate of drug-likeness (QED) is 0.896. The number of rotatable bonds is 5. The fourth-order valence-electron chi connectivity index (χ4n) is 2.50. The van der Waals surface area contributed by atoms with Crippen molar-refractivity contribution >= 4 is 11.0 Å². The number of fused-ring (bicyclic) bond motifs is 1. The van der Waals surface area contributed by atoms with Crippen molar-refractivity contribution in [2.45, 2.75) is 52.1 Å². The molecule has 0 radical (unpaired) electrons. The largest absolute Gasteiger partial charge is 0.326 e. The van der Waals surface area contributed by atoms with Crippen LogP contribution in [0.3, 0.4) is 0 Å². The monoisotopic (exact) mass is 263 g/mol. The number of aromatic nitrogens is 2. The van der Waals surface area contributed by atoms with E-state index < -0.39 is 5.54 Å². The van der Waals surface area contributed by atoms with Crippen LogP contribution < -0.4 is 5.73 Å². The standard InChI is InChI=1S/C15H22FN3/c1-4-9-19-13-8-7-11(16)10-12(13)18-14(19)15(17,5-2)6-3/h7-8,10H,4-6,9,17H2,1-3H3. The van der Waals surface area contributed by atoms with Gasteiger partial charge < -0.3 is 10.3 Å². The van der Waals surface area contributed by atoms with Gasteiger partial charge in [0, 0.05) is 12.6 Å². The highest BCUT2D eigenvalue weighted by Crippen LogP contribution is 2.29. The second kappa shape index (κ2) is 5.29. The lowest BCUT2D eigenvalue weighted by Gasteiger charge is -2.27. The van der Waals surface area contributed by atoms with E-state index in [1.165, 1.54) is 12.1 Å². The molecule has 0 amide bonds. The number of nitrogens with zero attached hydrogens (tertiary/aromatic N) is 2. The van der Waals surface area contributed by atoms with Gasteiger partial charge in [-0.2, -0.15) is 0 Å². The molecule has 0 aliphatic heterocycles. The molecular formula is C15H22FN3. The molecule has 2 rings (SSSR count). The van der Waals surface area contributed by atoms with Crippen molar-refractivity contribution in [1.82, 2.24) is 9.55 Å². The molecule has 0 unspecified atom stereocenters. The second-order valence-corrected chi connectivity index (χ2v) is 5.08. The van der Waals surface area contributed by atoms with Crippen LogP contribution in [0.4, 0.5) is 4.39 Å². The summed E-state index contributed by atoms with van der Waals surface area (Å²) in [6.07, 6.45) is 2.64. The molecule has 3 nitrogen and oxygen atoms in total. The summed E-state index contributed by atoms with van der Waals surface area (Å²) in [5.74, 6) is 0.621. The molecule has 0 spiro atoms. The Labute approximate surface area is 113 Å². The van der Waals surface area contributed by atoms with Gasteiger partial charge in [0.15, 0.2) is 0 Å². The molecule has 0 saturated heterocycles. The first-order chi connectivity index (χ1) is 9.05. The minimum Gasteiger partial charge on any atom is -0.326 e. The Kier molecular flexibility index (Phi) is 3.90. The molecular weight excluding hydrogens is 241 g/mol. The molecule has 0 atom stereocenters. The number of halogens is 1. The maximum atomic E-state index is 13.3. The van der Waals surface area contributed by atoms with Crippen LogP contribution in [-0.4, -0.2) is 9.55 Å². The van der Waals surface area contributed by atoms with Crippen molar-refractivity contribution in [3.05, 3.63) is 29.8 Å². The van der Waals surface area contributed by atoms with Crippen LogP contribution in [0.25, 0.3) is 11.0 Å². The van der Waals surface area contributed by atoms with Gasteiger partial charge >= 0.3 is 0 Å². The SMILES string of the molecule is CCCn1c(C(N)(CC)CC)nc2cc(F)ccc21. The maximum absolute atomic E-state index is 13.3. The average molecular weight is 263 g/mol. The smallest absolute Gasteiger partial charge is 0.130 e. The normalized spacial score (nSPS) is 12.3. The highest BCUT2D eigenvalue weighted by molar-refractivity contribution is 5.76. The summed E-state index contributed by atoms with van der Waals surface area (Å²) in [6.45, 7) is 7.12. The predicted octanol–water partition coefficient (Wildman–Crippen LogP) is 3.56. The highest BCUT2D eigenvalue weighted by Gasteiger charge is 2.29. The van der Waals surface area contributed by atoms with Crippen molar-refractivity contribution in [2.24, 2.45) is 5.73 Å². The molecule has 0 bridgehead atoms. The number of nitrogens with two attached hydrogens (primary N) is 1. The summed E-state index contributed by atoms with van der Waals surface area (Å²) in [5, 5.41) is 0. The first-order valence-corrected chi connectivity index (χ1v) is 7.00. The molecule has 1 heterocycles. The maximum Gasteiger partial charge on any atom is 0.130 e. The molecule has 4 heteroatoms. The van der Waals surface area contributed by atoms with Gasteiger partial charge in [0.1, 0.15) is 11.6 Å². The Balaban J connectivity index is 2.68. The fourth-order valence-corrected chi connectivity index (χ4v) is 2.50. The van der Waals surface area contributed by atoms with E-state index in [0.717, 1.165) is 37.1 Å². The van der Waals surface area contributed by atoms with E-state index in [2.05, 4.69) is 30.3 Å². The molecule has 2 aromatic rings. The van der Waals surface area contributed by atoms with Gasteiger partial charge in [-0.3, -0.25) is 0 Å². The number of hydrogen-bond donors (Lipinski definition) is 1. The lowest BCUT2D eigenvalue weighted by molar-refractivity contribution is 0.370. The molecule has 104 valence electrons. The van der Waals surface area contributed by atoms with Crippen molar-refractivity contribution in [1.29, 1.82) is 0 Å². The molecule has 0 saturated carbocycles. The van der Waals surface area contributed by atoms with E-state index in [4.69, 9.17) is 5.73 Å². The van der Waals surface area contributed by atoms with Gasteiger partial charge in [-0.15, -0.1) is 0 Å². The molecule has 0 fully saturated rings. The van der Waals surface area contributed by atoms with Crippen molar-refractivity contribution in [2.75, 3.05) is 0 Å². The summed E-state index contributed by atoms with van der Waals surface area (Å²) >= 11 is 0. The minimum absolute atomic E-state index is 0.254. The molecule has 1 aromatic heterocycles. The van der Waals surface area contributed by atoms with Gasteiger partial charge in [0.25, 0.3) is 0 Å². The summed E-state index contributed by atoms with van der Waals surface area (Å²) < 4.78 is 15.5. The third kappa shape index (κ3) is 2.37. The first-order valence-electron chi connectivity index (χ1n) is 7.00. The first kappa shape index (κ1) is 14.0. The van der Waals surface area contributed by atoms with Crippen molar-refractivity contribution in [3.8, 4) is 0 Å². The Morgan fingerprint density at radius 3 is 2.53 bits per heavy atom. The Morgan fingerprint density at radius 2 is 1.95 bits per heavy atom. The van der Waals surface area contributed by atoms with E-state index in [1.54, 1.807) is 6.07 Å². The number of aryl methyl sites for hydroxylation is 1. The molecule has 1 aromatic carbocycles. The van der Waals surface area contributed by atoms with Crippen LogP contribution >= 0.6 is 0 Å². The molecule has 0 aliphatic carbocycles. The number of hydrogen-bond acceptors (Lipinski definition) is 2. The van der Waals surface area contributed by atoms with E-state index in [0.29, 0.717) is 5.52 Å². The Hall–Kier alpha value is -1.42. The van der Waals surface area contributed by atoms with E-state index >= 15 is 0 Å². The lowest BCUT2D eigenvalue weighted by Crippen LogP contribution is -2.38. The van der Waals surface area contributed by atoms with Gasteiger partial charge in [0.05, 0.1) is 16.6 Å². The zero-order valence-electron chi connectivity index (χ0n) is 11.9. The third-order valence-corrected chi connectivity index (χ3v) is 3.86. The van der Waals surface area contributed by atoms with Crippen LogP contribution in [0, 0.1) is 5.82 Å². The third-order valence-electron chi connectivity index (χ3n) is 3.86. The fraction of sp³-hybridized carbons (Fsp3) is 0.533. The summed E-state index contributed by atoms with van der Waals surface area (Å²) in [7, 11) is 0. The zero-order chi connectivity index (χ0) is 14.0. The van der Waals surface area contributed by atoms with Crippen LogP contribution in [-0.2, 0) is 12.1 Å². The van der Waals surface area contributed by atoms with E-state index in [1.807, 2.05) is 0 Å². The molecule has 0 aliphatic rings. The van der Waals surface area contributed by atoms with Crippen LogP contribution in [0.15, 0.2) is 18.2 Å². The zero-order valence-corrected chi connectivity index (χ0v) is 11.9. The predicted molar refractivity (Wildman–Crippen MR) is 76.4 cm³/mol. The van der Waals surface area contributed by atoms with Gasteiger partial charge in [0.2, 0.25) is 0 Å².